The van der Waals surface area contributed by atoms with Crippen LogP contribution in [0.2, 0.25) is 0 Å². The molecular formula is C26H43NO3. The average Bonchev–Trinajstić information content (AvgIpc) is 2.75. The number of carbonyl (C=O) groups excluding carboxylic acids is 2. The van der Waals surface area contributed by atoms with Gasteiger partial charge in [-0.2, -0.15) is 0 Å². The zero-order chi connectivity index (χ0) is 21.9. The van der Waals surface area contributed by atoms with Crippen LogP contribution in [0.15, 0.2) is 24.3 Å². The predicted octanol–water partition coefficient (Wildman–Crippen LogP) is 6.87. The molecule has 0 saturated heterocycles. The summed E-state index contributed by atoms with van der Waals surface area (Å²) in [6.45, 7) is 5.27. The van der Waals surface area contributed by atoms with E-state index in [1.165, 1.54) is 70.6 Å². The molecule has 0 saturated carbocycles. The van der Waals surface area contributed by atoms with Gasteiger partial charge in [-0.25, -0.2) is 0 Å². The number of Topliss-reactive ketones (excluding diaryl/α,β-unsaturated/α-hetero) is 1. The van der Waals surface area contributed by atoms with Crippen LogP contribution in [0.4, 0.5) is 0 Å². The highest BCUT2D eigenvalue weighted by Crippen LogP contribution is 2.16. The highest BCUT2D eigenvalue weighted by molar-refractivity contribution is 5.98. The lowest BCUT2D eigenvalue weighted by molar-refractivity contribution is -0.134. The fourth-order valence-corrected chi connectivity index (χ4v) is 3.54. The van der Waals surface area contributed by atoms with Crippen LogP contribution in [0, 0.1) is 0 Å². The maximum atomic E-state index is 12.0. The Morgan fingerprint density at radius 2 is 1.37 bits per heavy atom. The Bertz CT molecular complexity index is 585. The number of likely N-dealkylation sites (N-methyl/N-ethyl adjacent to an activating group) is 1. The quantitative estimate of drug-likeness (QED) is 0.115. The van der Waals surface area contributed by atoms with Crippen LogP contribution in [0.1, 0.15) is 114 Å². The summed E-state index contributed by atoms with van der Waals surface area (Å²) < 4.78 is 5.41. The number of unbranched alkanes of at least 4 members (excludes halogenated alkanes) is 12. The van der Waals surface area contributed by atoms with Gasteiger partial charge in [0.05, 0.1) is 6.54 Å². The Labute approximate surface area is 184 Å². The molecule has 30 heavy (non-hydrogen) atoms. The van der Waals surface area contributed by atoms with Gasteiger partial charge in [0, 0.05) is 12.0 Å². The van der Waals surface area contributed by atoms with Gasteiger partial charge in [-0.3, -0.25) is 9.59 Å². The zero-order valence-electron chi connectivity index (χ0n) is 19.3. The van der Waals surface area contributed by atoms with Gasteiger partial charge < -0.3 is 10.1 Å². The number of rotatable bonds is 19. The molecule has 0 aliphatic rings. The molecule has 0 aliphatic carbocycles. The first kappa shape index (κ1) is 26.4. The first-order valence-corrected chi connectivity index (χ1v) is 12.2. The Morgan fingerprint density at radius 1 is 0.800 bits per heavy atom. The second kappa shape index (κ2) is 18.1. The van der Waals surface area contributed by atoms with Crippen molar-refractivity contribution in [3.05, 3.63) is 29.8 Å². The highest BCUT2D eigenvalue weighted by atomic mass is 16.5. The molecule has 0 radical (unpaired) electrons. The van der Waals surface area contributed by atoms with Crippen molar-refractivity contribution in [2.75, 3.05) is 13.1 Å². The fraction of sp³-hybridized carbons (Fsp3) is 0.692. The lowest BCUT2D eigenvalue weighted by Gasteiger charge is -2.07. The largest absolute Gasteiger partial charge is 0.427 e. The molecule has 170 valence electrons. The smallest absolute Gasteiger partial charge is 0.311 e. The maximum absolute atomic E-state index is 12.0. The maximum Gasteiger partial charge on any atom is 0.311 e. The number of carbonyl (C=O) groups is 2. The van der Waals surface area contributed by atoms with E-state index >= 15 is 0 Å². The van der Waals surface area contributed by atoms with Crippen molar-refractivity contribution >= 4 is 11.8 Å². The van der Waals surface area contributed by atoms with Gasteiger partial charge in [0.2, 0.25) is 0 Å². The Morgan fingerprint density at radius 3 is 1.93 bits per heavy atom. The molecular weight excluding hydrogens is 374 g/mol. The number of ether oxygens (including phenoxy) is 1. The fourth-order valence-electron chi connectivity index (χ4n) is 3.54. The van der Waals surface area contributed by atoms with Crippen LogP contribution in [0.3, 0.4) is 0 Å². The van der Waals surface area contributed by atoms with Crippen molar-refractivity contribution in [1.82, 2.24) is 5.32 Å². The first-order valence-electron chi connectivity index (χ1n) is 12.2. The van der Waals surface area contributed by atoms with Crippen LogP contribution < -0.4 is 10.1 Å². The number of esters is 1. The summed E-state index contributed by atoms with van der Waals surface area (Å²) in [7, 11) is 0. The van der Waals surface area contributed by atoms with E-state index in [0.717, 1.165) is 19.4 Å². The van der Waals surface area contributed by atoms with Crippen molar-refractivity contribution in [1.29, 1.82) is 0 Å². The first-order chi connectivity index (χ1) is 14.7. The summed E-state index contributed by atoms with van der Waals surface area (Å²) in [5.41, 5.74) is 0.571. The van der Waals surface area contributed by atoms with Crippen molar-refractivity contribution in [3.8, 4) is 5.75 Å². The van der Waals surface area contributed by atoms with Gasteiger partial charge in [0.1, 0.15) is 5.75 Å². The summed E-state index contributed by atoms with van der Waals surface area (Å²) in [5, 5.41) is 3.02. The van der Waals surface area contributed by atoms with E-state index in [2.05, 4.69) is 12.2 Å². The number of hydrogen-bond donors (Lipinski definition) is 1. The van der Waals surface area contributed by atoms with E-state index in [0.29, 0.717) is 24.3 Å². The Kier molecular flexibility index (Phi) is 15.9. The number of ketones is 1. The van der Waals surface area contributed by atoms with Crippen LogP contribution in [-0.4, -0.2) is 24.8 Å². The summed E-state index contributed by atoms with van der Waals surface area (Å²) in [6, 6.07) is 6.89. The minimum Gasteiger partial charge on any atom is -0.427 e. The van der Waals surface area contributed by atoms with Crippen LogP contribution in [0.5, 0.6) is 5.75 Å². The summed E-state index contributed by atoms with van der Waals surface area (Å²) in [4.78, 5) is 24.1. The van der Waals surface area contributed by atoms with E-state index < -0.39 is 0 Å². The molecule has 0 heterocycles. The molecule has 0 unspecified atom stereocenters. The molecule has 0 atom stereocenters. The van der Waals surface area contributed by atoms with Crippen molar-refractivity contribution in [2.45, 2.75) is 104 Å². The molecule has 1 aromatic rings. The third-order valence-corrected chi connectivity index (χ3v) is 5.41. The topological polar surface area (TPSA) is 55.4 Å². The Hall–Kier alpha value is -1.68. The van der Waals surface area contributed by atoms with Gasteiger partial charge in [-0.1, -0.05) is 103 Å². The van der Waals surface area contributed by atoms with Crippen LogP contribution in [0.25, 0.3) is 0 Å². The molecule has 1 aromatic carbocycles. The van der Waals surface area contributed by atoms with Gasteiger partial charge >= 0.3 is 5.97 Å². The van der Waals surface area contributed by atoms with Crippen LogP contribution >= 0.6 is 0 Å². The second-order valence-electron chi connectivity index (χ2n) is 8.20. The minimum atomic E-state index is -0.214. The summed E-state index contributed by atoms with van der Waals surface area (Å²) in [6.07, 6.45) is 17.2. The normalized spacial score (nSPS) is 10.9. The van der Waals surface area contributed by atoms with E-state index in [1.807, 2.05) is 6.92 Å². The Balaban J connectivity index is 2.04. The molecule has 1 rings (SSSR count). The molecule has 1 N–H and O–H groups in total. The van der Waals surface area contributed by atoms with Crippen molar-refractivity contribution < 1.29 is 14.3 Å². The molecule has 0 amide bonds. The number of hydrogen-bond acceptors (Lipinski definition) is 4. The number of benzene rings is 1. The zero-order valence-corrected chi connectivity index (χ0v) is 19.3. The summed E-state index contributed by atoms with van der Waals surface area (Å²) >= 11 is 0. The minimum absolute atomic E-state index is 0.00578. The highest BCUT2D eigenvalue weighted by Gasteiger charge is 2.09. The molecule has 0 fully saturated rings. The molecule has 4 heteroatoms. The van der Waals surface area contributed by atoms with E-state index in [1.54, 1.807) is 24.3 Å². The molecule has 0 aliphatic heterocycles. The second-order valence-corrected chi connectivity index (χ2v) is 8.20. The monoisotopic (exact) mass is 417 g/mol. The molecule has 0 bridgehead atoms. The van der Waals surface area contributed by atoms with Gasteiger partial charge in [0.25, 0.3) is 0 Å². The standard InChI is InChI=1S/C26H43NO3/c1-3-5-6-7-8-9-10-11-12-13-14-15-16-20-26(29)30-24-19-17-18-23(21-24)25(28)22-27-4-2/h17-19,21,27H,3-16,20,22H2,1-2H3. The third kappa shape index (κ3) is 13.5. The molecule has 0 spiro atoms. The van der Waals surface area contributed by atoms with E-state index in [-0.39, 0.29) is 11.8 Å². The predicted molar refractivity (Wildman–Crippen MR) is 125 cm³/mol. The van der Waals surface area contributed by atoms with Crippen molar-refractivity contribution in [2.24, 2.45) is 0 Å². The van der Waals surface area contributed by atoms with Gasteiger partial charge in [0.15, 0.2) is 5.78 Å². The van der Waals surface area contributed by atoms with Gasteiger partial charge in [-0.05, 0) is 25.1 Å². The van der Waals surface area contributed by atoms with Gasteiger partial charge in [-0.15, -0.1) is 0 Å². The lowest BCUT2D eigenvalue weighted by Crippen LogP contribution is -2.22. The SMILES string of the molecule is CCCCCCCCCCCCCCCC(=O)Oc1cccc(C(=O)CNCC)c1. The summed E-state index contributed by atoms with van der Waals surface area (Å²) in [5.74, 6) is 0.248. The van der Waals surface area contributed by atoms with E-state index in [4.69, 9.17) is 4.74 Å². The molecule has 0 aromatic heterocycles. The third-order valence-electron chi connectivity index (χ3n) is 5.41. The van der Waals surface area contributed by atoms with Crippen molar-refractivity contribution in [3.63, 3.8) is 0 Å². The van der Waals surface area contributed by atoms with Crippen LogP contribution in [-0.2, 0) is 4.79 Å². The number of nitrogens with one attached hydrogen (secondary N) is 1. The van der Waals surface area contributed by atoms with E-state index in [9.17, 15) is 9.59 Å². The average molecular weight is 418 g/mol. The molecule has 4 nitrogen and oxygen atoms in total. The lowest BCUT2D eigenvalue weighted by atomic mass is 10.0.